The van der Waals surface area contributed by atoms with Gasteiger partial charge in [-0.2, -0.15) is 0 Å². The third kappa shape index (κ3) is 18.2. The predicted molar refractivity (Wildman–Crippen MR) is 103 cm³/mol. The minimum absolute atomic E-state index is 0.291. The lowest BCUT2D eigenvalue weighted by molar-refractivity contribution is -0.115. The molecule has 0 unspecified atom stereocenters. The maximum absolute atomic E-state index is 11.0. The first-order valence-corrected chi connectivity index (χ1v) is 9.58. The molecule has 0 fully saturated rings. The lowest BCUT2D eigenvalue weighted by Gasteiger charge is -2.01. The molecular weight excluding hydrogens is 294 g/mol. The van der Waals surface area contributed by atoms with Crippen molar-refractivity contribution in [1.29, 1.82) is 0 Å². The fourth-order valence-electron chi connectivity index (χ4n) is 2.34. The van der Waals surface area contributed by atoms with Crippen molar-refractivity contribution >= 4 is 5.91 Å². The number of rotatable bonds is 12. The minimum Gasteiger partial charge on any atom is -0.346 e. The standard InChI is InChI=1S/C22H33NO/c1-3-5-6-7-8-9-10-11-12-13-14-15-16-17-18-19-20-21-22(24)23-4-2/h3-15H2,1-2H3,(H,23,24). The van der Waals surface area contributed by atoms with E-state index < -0.39 is 0 Å². The van der Waals surface area contributed by atoms with E-state index in [0.29, 0.717) is 6.54 Å². The molecular formula is C22H33NO. The number of unbranched alkanes of at least 4 members (excludes halogenated alkanes) is 11. The van der Waals surface area contributed by atoms with E-state index in [0.717, 1.165) is 12.8 Å². The number of amides is 1. The van der Waals surface area contributed by atoms with E-state index in [1.54, 1.807) is 0 Å². The van der Waals surface area contributed by atoms with Gasteiger partial charge in [-0.05, 0) is 37.0 Å². The second-order valence-electron chi connectivity index (χ2n) is 5.95. The summed E-state index contributed by atoms with van der Waals surface area (Å²) in [6, 6.07) is 0. The lowest BCUT2D eigenvalue weighted by Crippen LogP contribution is -2.20. The first kappa shape index (κ1) is 22.1. The number of carbonyl (C=O) groups excluding carboxylic acids is 1. The van der Waals surface area contributed by atoms with Crippen LogP contribution in [0, 0.1) is 35.5 Å². The summed E-state index contributed by atoms with van der Waals surface area (Å²) in [5.74, 6) is 15.6. The highest BCUT2D eigenvalue weighted by Crippen LogP contribution is 2.11. The van der Waals surface area contributed by atoms with Gasteiger partial charge in [0, 0.05) is 18.9 Å². The molecule has 1 N–H and O–H groups in total. The summed E-state index contributed by atoms with van der Waals surface area (Å²) >= 11 is 0. The van der Waals surface area contributed by atoms with E-state index >= 15 is 0 Å². The molecule has 0 atom stereocenters. The van der Waals surface area contributed by atoms with Gasteiger partial charge >= 0.3 is 0 Å². The van der Waals surface area contributed by atoms with Crippen LogP contribution in [-0.2, 0) is 4.79 Å². The zero-order chi connectivity index (χ0) is 17.7. The summed E-state index contributed by atoms with van der Waals surface area (Å²) in [5.41, 5.74) is 0. The summed E-state index contributed by atoms with van der Waals surface area (Å²) in [6.45, 7) is 4.70. The van der Waals surface area contributed by atoms with Crippen LogP contribution in [0.25, 0.3) is 0 Å². The maximum atomic E-state index is 11.0. The van der Waals surface area contributed by atoms with Gasteiger partial charge in [0.2, 0.25) is 0 Å². The molecule has 0 aliphatic rings. The molecule has 0 aliphatic carbocycles. The van der Waals surface area contributed by atoms with E-state index in [1.807, 2.05) is 6.92 Å². The van der Waals surface area contributed by atoms with Crippen LogP contribution in [0.3, 0.4) is 0 Å². The van der Waals surface area contributed by atoms with Crippen molar-refractivity contribution in [2.24, 2.45) is 0 Å². The van der Waals surface area contributed by atoms with Crippen molar-refractivity contribution < 1.29 is 4.79 Å². The molecule has 0 saturated carbocycles. The normalized spacial score (nSPS) is 8.92. The van der Waals surface area contributed by atoms with Gasteiger partial charge in [-0.3, -0.25) is 4.79 Å². The summed E-state index contributed by atoms with van der Waals surface area (Å²) in [5, 5.41) is 2.58. The summed E-state index contributed by atoms with van der Waals surface area (Å²) in [4.78, 5) is 11.0. The highest BCUT2D eigenvalue weighted by atomic mass is 16.1. The van der Waals surface area contributed by atoms with E-state index in [-0.39, 0.29) is 5.91 Å². The summed E-state index contributed by atoms with van der Waals surface area (Å²) in [6.07, 6.45) is 15.7. The van der Waals surface area contributed by atoms with Crippen LogP contribution >= 0.6 is 0 Å². The first-order chi connectivity index (χ1) is 11.8. The Morgan fingerprint density at radius 3 is 1.83 bits per heavy atom. The van der Waals surface area contributed by atoms with Gasteiger partial charge in [0.15, 0.2) is 0 Å². The molecule has 0 bridgehead atoms. The quantitative estimate of drug-likeness (QED) is 0.403. The molecule has 0 spiro atoms. The van der Waals surface area contributed by atoms with Crippen LogP contribution in [0.15, 0.2) is 0 Å². The Bertz CT molecular complexity index is 487. The van der Waals surface area contributed by atoms with Gasteiger partial charge in [-0.15, -0.1) is 0 Å². The molecule has 0 aromatic carbocycles. The Morgan fingerprint density at radius 1 is 0.708 bits per heavy atom. The summed E-state index contributed by atoms with van der Waals surface area (Å²) in [7, 11) is 0. The molecule has 1 amide bonds. The number of hydrogen-bond acceptors (Lipinski definition) is 1. The Morgan fingerprint density at radius 2 is 1.25 bits per heavy atom. The molecule has 0 radical (unpaired) electrons. The molecule has 0 rings (SSSR count). The second kappa shape index (κ2) is 19.2. The van der Waals surface area contributed by atoms with Gasteiger partial charge in [-0.1, -0.05) is 77.1 Å². The average Bonchev–Trinajstić information content (AvgIpc) is 2.58. The van der Waals surface area contributed by atoms with Gasteiger partial charge in [-0.25, -0.2) is 0 Å². The molecule has 24 heavy (non-hydrogen) atoms. The fraction of sp³-hybridized carbons (Fsp3) is 0.682. The zero-order valence-electron chi connectivity index (χ0n) is 15.6. The number of carbonyl (C=O) groups is 1. The monoisotopic (exact) mass is 327 g/mol. The second-order valence-corrected chi connectivity index (χ2v) is 5.95. The Hall–Kier alpha value is -1.85. The lowest BCUT2D eigenvalue weighted by atomic mass is 10.1. The van der Waals surface area contributed by atoms with E-state index in [4.69, 9.17) is 0 Å². The van der Waals surface area contributed by atoms with Crippen molar-refractivity contribution in [2.45, 2.75) is 90.9 Å². The van der Waals surface area contributed by atoms with Crippen LogP contribution in [0.4, 0.5) is 0 Å². The zero-order valence-corrected chi connectivity index (χ0v) is 15.6. The van der Waals surface area contributed by atoms with Crippen molar-refractivity contribution in [1.82, 2.24) is 5.32 Å². The van der Waals surface area contributed by atoms with Crippen LogP contribution in [0.2, 0.25) is 0 Å². The van der Waals surface area contributed by atoms with Gasteiger partial charge in [0.1, 0.15) is 0 Å². The molecule has 0 aromatic heterocycles. The van der Waals surface area contributed by atoms with Crippen LogP contribution < -0.4 is 5.32 Å². The molecule has 2 heteroatoms. The van der Waals surface area contributed by atoms with Crippen LogP contribution in [-0.4, -0.2) is 12.5 Å². The Kier molecular flexibility index (Phi) is 17.7. The SMILES string of the molecule is CCCCCCCCCCCCCC#CC#CC#CC(=O)NCC. The smallest absolute Gasteiger partial charge is 0.296 e. The maximum Gasteiger partial charge on any atom is 0.296 e. The van der Waals surface area contributed by atoms with Crippen molar-refractivity contribution in [3.05, 3.63) is 0 Å². The largest absolute Gasteiger partial charge is 0.346 e. The fourth-order valence-corrected chi connectivity index (χ4v) is 2.34. The summed E-state index contributed by atoms with van der Waals surface area (Å²) < 4.78 is 0. The van der Waals surface area contributed by atoms with E-state index in [2.05, 4.69) is 47.8 Å². The molecule has 132 valence electrons. The molecule has 2 nitrogen and oxygen atoms in total. The molecule has 0 heterocycles. The van der Waals surface area contributed by atoms with Gasteiger partial charge in [0.05, 0.1) is 0 Å². The van der Waals surface area contributed by atoms with E-state index in [9.17, 15) is 4.79 Å². The van der Waals surface area contributed by atoms with Crippen molar-refractivity contribution in [3.63, 3.8) is 0 Å². The third-order valence-corrected chi connectivity index (χ3v) is 3.69. The topological polar surface area (TPSA) is 29.1 Å². The minimum atomic E-state index is -0.291. The van der Waals surface area contributed by atoms with Crippen LogP contribution in [0.5, 0.6) is 0 Å². The average molecular weight is 328 g/mol. The highest BCUT2D eigenvalue weighted by Gasteiger charge is 1.92. The highest BCUT2D eigenvalue weighted by molar-refractivity contribution is 5.93. The number of nitrogens with one attached hydrogen (secondary N) is 1. The van der Waals surface area contributed by atoms with Crippen molar-refractivity contribution in [3.8, 4) is 35.5 Å². The van der Waals surface area contributed by atoms with Crippen LogP contribution in [0.1, 0.15) is 90.9 Å². The van der Waals surface area contributed by atoms with Gasteiger partial charge < -0.3 is 5.32 Å². The molecule has 0 saturated heterocycles. The molecule has 0 aliphatic heterocycles. The van der Waals surface area contributed by atoms with Gasteiger partial charge in [0.25, 0.3) is 5.91 Å². The number of hydrogen-bond donors (Lipinski definition) is 1. The predicted octanol–water partition coefficient (Wildman–Crippen LogP) is 4.83. The molecule has 0 aromatic rings. The first-order valence-electron chi connectivity index (χ1n) is 9.58. The Labute approximate surface area is 149 Å². The Balaban J connectivity index is 3.41. The third-order valence-electron chi connectivity index (χ3n) is 3.69. The van der Waals surface area contributed by atoms with E-state index in [1.165, 1.54) is 64.2 Å². The van der Waals surface area contributed by atoms with Crippen molar-refractivity contribution in [2.75, 3.05) is 6.54 Å².